The van der Waals surface area contributed by atoms with Crippen molar-refractivity contribution in [2.24, 2.45) is 0 Å². The second kappa shape index (κ2) is 30.1. The highest BCUT2D eigenvalue weighted by molar-refractivity contribution is 5.80. The van der Waals surface area contributed by atoms with Crippen molar-refractivity contribution in [3.8, 4) is 0 Å². The first kappa shape index (κ1) is 46.6. The lowest BCUT2D eigenvalue weighted by Crippen LogP contribution is -2.60. The normalized spacial score (nSPS) is 23.7. The molecule has 1 fully saturated rings. The van der Waals surface area contributed by atoms with E-state index in [9.17, 15) is 40.5 Å². The van der Waals surface area contributed by atoms with E-state index in [0.717, 1.165) is 38.5 Å². The molecule has 9 atom stereocenters. The number of unbranched alkanes of at least 4 members (excludes halogenated alkanes) is 15. The van der Waals surface area contributed by atoms with Crippen molar-refractivity contribution in [3.05, 3.63) is 24.3 Å². The summed E-state index contributed by atoms with van der Waals surface area (Å²) >= 11 is 0. The van der Waals surface area contributed by atoms with Gasteiger partial charge in [-0.1, -0.05) is 122 Å². The molecule has 0 aliphatic carbocycles. The molecular formula is C39H73NO10. The van der Waals surface area contributed by atoms with Gasteiger partial charge in [-0.2, -0.15) is 0 Å². The van der Waals surface area contributed by atoms with Crippen LogP contribution in [0.4, 0.5) is 0 Å². The number of nitrogens with one attached hydrogen (secondary N) is 1. The molecule has 0 aromatic heterocycles. The van der Waals surface area contributed by atoms with Crippen molar-refractivity contribution in [1.82, 2.24) is 5.32 Å². The molecule has 50 heavy (non-hydrogen) atoms. The van der Waals surface area contributed by atoms with Crippen molar-refractivity contribution in [1.29, 1.82) is 0 Å². The maximum atomic E-state index is 12.9. The summed E-state index contributed by atoms with van der Waals surface area (Å²) in [6.45, 7) is 3.33. The summed E-state index contributed by atoms with van der Waals surface area (Å²) in [6.07, 6.45) is 18.2. The molecule has 0 radical (unpaired) electrons. The van der Waals surface area contributed by atoms with Crippen LogP contribution in [0.25, 0.3) is 0 Å². The quantitative estimate of drug-likeness (QED) is 0.0369. The van der Waals surface area contributed by atoms with Gasteiger partial charge in [0.1, 0.15) is 36.6 Å². The van der Waals surface area contributed by atoms with Gasteiger partial charge in [0.05, 0.1) is 25.4 Å². The maximum absolute atomic E-state index is 12.9. The summed E-state index contributed by atoms with van der Waals surface area (Å²) in [6, 6.07) is -1.18. The third-order valence-electron chi connectivity index (χ3n) is 9.48. The minimum atomic E-state index is -1.67. The van der Waals surface area contributed by atoms with Crippen LogP contribution in [0, 0.1) is 0 Å². The lowest BCUT2D eigenvalue weighted by atomic mass is 9.98. The van der Waals surface area contributed by atoms with E-state index in [1.54, 1.807) is 0 Å². The Hall–Kier alpha value is -1.41. The Bertz CT molecular complexity index is 872. The molecule has 1 aliphatic heterocycles. The SMILES string of the molecule is CCCCCCC/C=C/CC/C=C/CCCC(O)C(O)C(COC1OC(CO)C(O)C(O)C1O)NC(=O)C(O)CCCCCCCCCCC. The van der Waals surface area contributed by atoms with E-state index < -0.39 is 74.2 Å². The zero-order valence-electron chi connectivity index (χ0n) is 31.1. The van der Waals surface area contributed by atoms with E-state index in [-0.39, 0.29) is 12.8 Å². The lowest BCUT2D eigenvalue weighted by molar-refractivity contribution is -0.303. The van der Waals surface area contributed by atoms with Gasteiger partial charge in [0.15, 0.2) is 6.29 Å². The van der Waals surface area contributed by atoms with E-state index in [1.807, 2.05) is 0 Å². The van der Waals surface area contributed by atoms with Gasteiger partial charge in [0.25, 0.3) is 0 Å². The lowest BCUT2D eigenvalue weighted by Gasteiger charge is -2.40. The van der Waals surface area contributed by atoms with Crippen LogP contribution >= 0.6 is 0 Å². The molecule has 0 saturated carbocycles. The highest BCUT2D eigenvalue weighted by Crippen LogP contribution is 2.23. The van der Waals surface area contributed by atoms with Gasteiger partial charge in [-0.05, 0) is 51.4 Å². The Kier molecular flexibility index (Phi) is 28.1. The first-order valence-electron chi connectivity index (χ1n) is 19.7. The average molecular weight is 716 g/mol. The van der Waals surface area contributed by atoms with Gasteiger partial charge in [0, 0.05) is 0 Å². The van der Waals surface area contributed by atoms with Crippen LogP contribution in [0.3, 0.4) is 0 Å². The summed E-state index contributed by atoms with van der Waals surface area (Å²) in [5.74, 6) is -0.716. The Morgan fingerprint density at radius 3 is 1.78 bits per heavy atom. The Morgan fingerprint density at radius 2 is 1.20 bits per heavy atom. The summed E-state index contributed by atoms with van der Waals surface area (Å²) in [7, 11) is 0. The molecule has 0 aromatic carbocycles. The number of amides is 1. The summed E-state index contributed by atoms with van der Waals surface area (Å²) in [5.41, 5.74) is 0. The number of hydrogen-bond donors (Lipinski definition) is 8. The van der Waals surface area contributed by atoms with Crippen molar-refractivity contribution in [3.63, 3.8) is 0 Å². The van der Waals surface area contributed by atoms with Crippen LogP contribution in [0.1, 0.15) is 149 Å². The van der Waals surface area contributed by atoms with Crippen LogP contribution in [0.15, 0.2) is 24.3 Å². The zero-order chi connectivity index (χ0) is 37.0. The molecule has 294 valence electrons. The van der Waals surface area contributed by atoms with Gasteiger partial charge in [-0.25, -0.2) is 0 Å². The highest BCUT2D eigenvalue weighted by atomic mass is 16.7. The fourth-order valence-corrected chi connectivity index (χ4v) is 6.10. The molecule has 1 rings (SSSR count). The number of carbonyl (C=O) groups excluding carboxylic acids is 1. The Labute approximate surface area is 302 Å². The smallest absolute Gasteiger partial charge is 0.249 e. The molecule has 0 aromatic rings. The molecule has 0 bridgehead atoms. The minimum Gasteiger partial charge on any atom is -0.394 e. The molecule has 8 N–H and O–H groups in total. The van der Waals surface area contributed by atoms with Gasteiger partial charge in [0.2, 0.25) is 5.91 Å². The number of carbonyl (C=O) groups is 1. The predicted molar refractivity (Wildman–Crippen MR) is 196 cm³/mol. The Balaban J connectivity index is 2.60. The molecule has 11 heteroatoms. The molecule has 1 heterocycles. The van der Waals surface area contributed by atoms with Crippen LogP contribution in [0.5, 0.6) is 0 Å². The summed E-state index contributed by atoms with van der Waals surface area (Å²) < 4.78 is 11.0. The minimum absolute atomic E-state index is 0.247. The third-order valence-corrected chi connectivity index (χ3v) is 9.48. The number of rotatable bonds is 31. The number of ether oxygens (including phenoxy) is 2. The van der Waals surface area contributed by atoms with E-state index in [1.165, 1.54) is 64.2 Å². The first-order chi connectivity index (χ1) is 24.2. The highest BCUT2D eigenvalue weighted by Gasteiger charge is 2.44. The molecule has 1 saturated heterocycles. The van der Waals surface area contributed by atoms with Crippen LogP contribution in [-0.4, -0.2) is 110 Å². The second-order valence-corrected chi connectivity index (χ2v) is 14.0. The number of aliphatic hydroxyl groups is 7. The fourth-order valence-electron chi connectivity index (χ4n) is 6.10. The Morgan fingerprint density at radius 1 is 0.680 bits per heavy atom. The van der Waals surface area contributed by atoms with Crippen molar-refractivity contribution < 1.29 is 50.0 Å². The summed E-state index contributed by atoms with van der Waals surface area (Å²) in [4.78, 5) is 12.9. The standard InChI is InChI=1S/C39H73NO10/c1-3-5-7-9-11-13-14-15-16-17-19-20-22-24-26-31(42)34(44)30(29-49-39-37(47)36(46)35(45)33(28-41)50-39)40-38(48)32(43)27-25-23-21-18-12-10-8-6-4-2/h14-15,19-20,30-37,39,41-47H,3-13,16-18,21-29H2,1-2H3,(H,40,48)/b15-14+,20-19+. The predicted octanol–water partition coefficient (Wildman–Crippen LogP) is 4.71. The zero-order valence-corrected chi connectivity index (χ0v) is 31.1. The summed E-state index contributed by atoms with van der Waals surface area (Å²) in [5, 5.41) is 75.1. The monoisotopic (exact) mass is 716 g/mol. The van der Waals surface area contributed by atoms with Gasteiger partial charge in [-0.15, -0.1) is 0 Å². The van der Waals surface area contributed by atoms with E-state index in [2.05, 4.69) is 43.5 Å². The number of allylic oxidation sites excluding steroid dienone is 4. The van der Waals surface area contributed by atoms with Gasteiger partial charge < -0.3 is 50.5 Å². The van der Waals surface area contributed by atoms with Crippen LogP contribution < -0.4 is 5.32 Å². The van der Waals surface area contributed by atoms with Crippen molar-refractivity contribution in [2.75, 3.05) is 13.2 Å². The number of hydrogen-bond acceptors (Lipinski definition) is 10. The van der Waals surface area contributed by atoms with Crippen LogP contribution in [0.2, 0.25) is 0 Å². The fraction of sp³-hybridized carbons (Fsp3) is 0.872. The van der Waals surface area contributed by atoms with Gasteiger partial charge in [-0.3, -0.25) is 4.79 Å². The largest absolute Gasteiger partial charge is 0.394 e. The van der Waals surface area contributed by atoms with E-state index >= 15 is 0 Å². The van der Waals surface area contributed by atoms with E-state index in [0.29, 0.717) is 19.3 Å². The molecule has 11 nitrogen and oxygen atoms in total. The molecule has 9 unspecified atom stereocenters. The first-order valence-corrected chi connectivity index (χ1v) is 19.7. The topological polar surface area (TPSA) is 189 Å². The van der Waals surface area contributed by atoms with Crippen molar-refractivity contribution in [2.45, 2.75) is 204 Å². The average Bonchev–Trinajstić information content (AvgIpc) is 3.11. The molecule has 1 aliphatic rings. The van der Waals surface area contributed by atoms with E-state index in [4.69, 9.17) is 9.47 Å². The third kappa shape index (κ3) is 20.6. The molecule has 1 amide bonds. The van der Waals surface area contributed by atoms with Crippen LogP contribution in [-0.2, 0) is 14.3 Å². The van der Waals surface area contributed by atoms with Gasteiger partial charge >= 0.3 is 0 Å². The molecule has 0 spiro atoms. The number of aliphatic hydroxyl groups excluding tert-OH is 7. The van der Waals surface area contributed by atoms with Crippen molar-refractivity contribution >= 4 is 5.91 Å². The second-order valence-electron chi connectivity index (χ2n) is 14.0. The molecular weight excluding hydrogens is 642 g/mol. The maximum Gasteiger partial charge on any atom is 0.249 e.